The molecule has 1 atom stereocenters. The molecule has 1 fully saturated rings. The van der Waals surface area contributed by atoms with Crippen molar-refractivity contribution >= 4 is 32.7 Å². The lowest BCUT2D eigenvalue weighted by molar-refractivity contribution is -0.129. The van der Waals surface area contributed by atoms with Gasteiger partial charge in [-0.05, 0) is 36.6 Å². The monoisotopic (exact) mass is 433 g/mol. The number of amides is 1. The summed E-state index contributed by atoms with van der Waals surface area (Å²) in [5.74, 6) is 0.392. The number of carbonyl (C=O) groups excluding carboxylic acids is 1. The van der Waals surface area contributed by atoms with E-state index in [1.807, 2.05) is 12.3 Å². The van der Waals surface area contributed by atoms with E-state index in [4.69, 9.17) is 9.26 Å². The van der Waals surface area contributed by atoms with Crippen molar-refractivity contribution in [2.24, 2.45) is 0 Å². The van der Waals surface area contributed by atoms with Gasteiger partial charge in [-0.25, -0.2) is 8.42 Å². The summed E-state index contributed by atoms with van der Waals surface area (Å²) < 4.78 is 41.1. The van der Waals surface area contributed by atoms with Gasteiger partial charge in [-0.1, -0.05) is 5.16 Å². The second-order valence-electron chi connectivity index (χ2n) is 7.28. The Bertz CT molecular complexity index is 1160. The maximum atomic E-state index is 13.0. The number of fused-ring (bicyclic) bond motifs is 1. The highest BCUT2D eigenvalue weighted by Crippen LogP contribution is 2.35. The third-order valence-electron chi connectivity index (χ3n) is 5.22. The molecule has 1 amide bonds. The van der Waals surface area contributed by atoms with Crippen LogP contribution in [-0.4, -0.2) is 59.6 Å². The molecule has 2 aromatic heterocycles. The number of carbonyl (C=O) groups is 1. The van der Waals surface area contributed by atoms with E-state index in [1.54, 1.807) is 27.9 Å². The van der Waals surface area contributed by atoms with Crippen molar-refractivity contribution in [1.82, 2.24) is 19.8 Å². The Balaban J connectivity index is 1.62. The molecule has 11 heteroatoms. The van der Waals surface area contributed by atoms with Crippen LogP contribution >= 0.6 is 0 Å². The van der Waals surface area contributed by atoms with E-state index in [-0.39, 0.29) is 18.3 Å². The molecule has 10 nitrogen and oxygen atoms in total. The zero-order valence-corrected chi connectivity index (χ0v) is 17.6. The zero-order valence-electron chi connectivity index (χ0n) is 16.7. The number of rotatable bonds is 6. The molecule has 0 radical (unpaired) electrons. The minimum atomic E-state index is -3.78. The molecule has 1 aromatic carbocycles. The van der Waals surface area contributed by atoms with Crippen LogP contribution in [0.1, 0.15) is 25.3 Å². The third-order valence-corrected chi connectivity index (χ3v) is 6.96. The lowest BCUT2D eigenvalue weighted by Gasteiger charge is -2.31. The normalized spacial score (nSPS) is 17.3. The second-order valence-corrected chi connectivity index (χ2v) is 9.24. The van der Waals surface area contributed by atoms with Crippen LogP contribution < -0.4 is 9.46 Å². The molecule has 3 aromatic rings. The standard InChI is InChI=1S/C19H23N5O5S/c1-13(25)23-7-3-5-15(12-23)30(26,27)22-19-18-16(28-2)9-14(10-17(18)29-21-19)11-24-8-4-6-20-24/h4,6,8-10,15H,3,5,7,11-12H2,1-2H3,(H,21,22). The van der Waals surface area contributed by atoms with Gasteiger partial charge in [-0.15, -0.1) is 0 Å². The Labute approximate surface area is 173 Å². The molecule has 1 aliphatic heterocycles. The van der Waals surface area contributed by atoms with Crippen LogP contribution in [0.3, 0.4) is 0 Å². The average Bonchev–Trinajstić information content (AvgIpc) is 3.37. The molecule has 1 saturated heterocycles. The predicted molar refractivity (Wildman–Crippen MR) is 110 cm³/mol. The lowest BCUT2D eigenvalue weighted by Crippen LogP contribution is -2.45. The van der Waals surface area contributed by atoms with Crippen LogP contribution in [0.2, 0.25) is 0 Å². The highest BCUT2D eigenvalue weighted by atomic mass is 32.2. The van der Waals surface area contributed by atoms with Crippen molar-refractivity contribution in [1.29, 1.82) is 0 Å². The quantitative estimate of drug-likeness (QED) is 0.630. The first kappa shape index (κ1) is 20.2. The summed E-state index contributed by atoms with van der Waals surface area (Å²) in [7, 11) is -2.27. The van der Waals surface area contributed by atoms with Gasteiger partial charge in [0.1, 0.15) is 11.1 Å². The first-order chi connectivity index (χ1) is 14.4. The maximum Gasteiger partial charge on any atom is 0.238 e. The van der Waals surface area contributed by atoms with Crippen LogP contribution in [0.25, 0.3) is 11.0 Å². The fraction of sp³-hybridized carbons (Fsp3) is 0.421. The number of piperidine rings is 1. The Morgan fingerprint density at radius 1 is 1.40 bits per heavy atom. The number of ether oxygens (including phenoxy) is 1. The van der Waals surface area contributed by atoms with Crippen LogP contribution in [0.5, 0.6) is 5.75 Å². The molecule has 1 N–H and O–H groups in total. The summed E-state index contributed by atoms with van der Waals surface area (Å²) in [6.45, 7) is 2.68. The largest absolute Gasteiger partial charge is 0.496 e. The highest BCUT2D eigenvalue weighted by Gasteiger charge is 2.33. The average molecular weight is 433 g/mol. The fourth-order valence-electron chi connectivity index (χ4n) is 3.69. The topological polar surface area (TPSA) is 120 Å². The van der Waals surface area contributed by atoms with E-state index < -0.39 is 15.3 Å². The first-order valence-corrected chi connectivity index (χ1v) is 11.1. The summed E-state index contributed by atoms with van der Waals surface area (Å²) >= 11 is 0. The molecule has 0 saturated carbocycles. The van der Waals surface area contributed by atoms with Crippen LogP contribution in [-0.2, 0) is 21.4 Å². The number of hydrogen-bond acceptors (Lipinski definition) is 7. The number of methoxy groups -OCH3 is 1. The number of aromatic nitrogens is 3. The number of hydrogen-bond donors (Lipinski definition) is 1. The van der Waals surface area contributed by atoms with Gasteiger partial charge in [0.2, 0.25) is 15.9 Å². The van der Waals surface area contributed by atoms with Gasteiger partial charge in [0.25, 0.3) is 0 Å². The molecular formula is C19H23N5O5S. The van der Waals surface area contributed by atoms with Crippen molar-refractivity contribution < 1.29 is 22.5 Å². The summed E-state index contributed by atoms with van der Waals surface area (Å²) in [6.07, 6.45) is 4.63. The number of nitrogens with one attached hydrogen (secondary N) is 1. The minimum absolute atomic E-state index is 0.0763. The molecule has 0 bridgehead atoms. The second kappa shape index (κ2) is 7.98. The summed E-state index contributed by atoms with van der Waals surface area (Å²) in [5, 5.41) is 7.84. The number of likely N-dealkylation sites (tertiary alicyclic amines) is 1. The highest BCUT2D eigenvalue weighted by molar-refractivity contribution is 7.93. The van der Waals surface area contributed by atoms with Gasteiger partial charge in [-0.2, -0.15) is 5.10 Å². The SMILES string of the molecule is COc1cc(Cn2cccn2)cc2onc(NS(=O)(=O)C3CCCN(C(C)=O)C3)c12. The van der Waals surface area contributed by atoms with Gasteiger partial charge < -0.3 is 14.2 Å². The number of sulfonamides is 1. The Morgan fingerprint density at radius 3 is 2.93 bits per heavy atom. The smallest absolute Gasteiger partial charge is 0.238 e. The van der Waals surface area contributed by atoms with E-state index in [1.165, 1.54) is 14.0 Å². The van der Waals surface area contributed by atoms with Gasteiger partial charge in [0.15, 0.2) is 11.4 Å². The Morgan fingerprint density at radius 2 is 2.23 bits per heavy atom. The van der Waals surface area contributed by atoms with E-state index in [0.717, 1.165) is 5.56 Å². The molecular weight excluding hydrogens is 410 g/mol. The maximum absolute atomic E-state index is 13.0. The van der Waals surface area contributed by atoms with Crippen LogP contribution in [0.15, 0.2) is 35.1 Å². The molecule has 0 spiro atoms. The Kier molecular flexibility index (Phi) is 5.37. The number of benzene rings is 1. The fourth-order valence-corrected chi connectivity index (χ4v) is 5.12. The molecule has 1 aliphatic rings. The van der Waals surface area contributed by atoms with Crippen molar-refractivity contribution in [3.8, 4) is 5.75 Å². The molecule has 30 heavy (non-hydrogen) atoms. The number of nitrogens with zero attached hydrogens (tertiary/aromatic N) is 4. The van der Waals surface area contributed by atoms with Gasteiger partial charge in [0, 0.05) is 32.4 Å². The van der Waals surface area contributed by atoms with Gasteiger partial charge in [0.05, 0.1) is 18.9 Å². The predicted octanol–water partition coefficient (Wildman–Crippen LogP) is 1.83. The minimum Gasteiger partial charge on any atom is -0.496 e. The molecule has 1 unspecified atom stereocenters. The van der Waals surface area contributed by atoms with E-state index >= 15 is 0 Å². The van der Waals surface area contributed by atoms with Crippen LogP contribution in [0, 0.1) is 0 Å². The summed E-state index contributed by atoms with van der Waals surface area (Å²) in [5.41, 5.74) is 1.28. The van der Waals surface area contributed by atoms with Crippen molar-refractivity contribution in [3.63, 3.8) is 0 Å². The van der Waals surface area contributed by atoms with Crippen molar-refractivity contribution in [3.05, 3.63) is 36.2 Å². The van der Waals surface area contributed by atoms with Gasteiger partial charge in [-0.3, -0.25) is 14.2 Å². The summed E-state index contributed by atoms with van der Waals surface area (Å²) in [4.78, 5) is 13.2. The van der Waals surface area contributed by atoms with E-state index in [0.29, 0.717) is 42.6 Å². The molecule has 4 rings (SSSR count). The number of anilines is 1. The van der Waals surface area contributed by atoms with E-state index in [2.05, 4.69) is 15.0 Å². The molecule has 160 valence electrons. The van der Waals surface area contributed by atoms with Gasteiger partial charge >= 0.3 is 0 Å². The molecule has 0 aliphatic carbocycles. The van der Waals surface area contributed by atoms with Crippen molar-refractivity contribution in [2.75, 3.05) is 24.9 Å². The first-order valence-electron chi connectivity index (χ1n) is 9.58. The van der Waals surface area contributed by atoms with Crippen LogP contribution in [0.4, 0.5) is 5.82 Å². The zero-order chi connectivity index (χ0) is 21.3. The third kappa shape index (κ3) is 3.97. The van der Waals surface area contributed by atoms with E-state index in [9.17, 15) is 13.2 Å². The van der Waals surface area contributed by atoms with Crippen molar-refractivity contribution in [2.45, 2.75) is 31.6 Å². The lowest BCUT2D eigenvalue weighted by atomic mass is 10.1. The summed E-state index contributed by atoms with van der Waals surface area (Å²) in [6, 6.07) is 5.41. The molecule has 3 heterocycles. The Hall–Kier alpha value is -3.08.